The number of halogens is 1. The van der Waals surface area contributed by atoms with E-state index in [4.69, 9.17) is 22.5 Å². The van der Waals surface area contributed by atoms with Crippen LogP contribution in [0.2, 0.25) is 23.3 Å². The number of hydrogen-bond acceptors (Lipinski definition) is 3. The predicted molar refractivity (Wildman–Crippen MR) is 104 cm³/mol. The van der Waals surface area contributed by atoms with E-state index in [0.717, 1.165) is 11.1 Å². The summed E-state index contributed by atoms with van der Waals surface area (Å²) in [7, 11) is -2.21. The molecule has 1 unspecified atom stereocenters. The fraction of sp³-hybridized carbons (Fsp3) is 0.579. The standard InChI is InChI=1S/C19H28ClNO3Si/c1-8-9-10-15(18(22)23)16(24-25(6,7)19(3,4)5)14-11-13(2)17(20)21-12-14/h1,11-12,15-16H,9-10H2,2-7H3,(H,22,23)/t15-,16?/m1/s1. The normalized spacial score (nSPS) is 14.6. The van der Waals surface area contributed by atoms with E-state index >= 15 is 0 Å². The third-order valence-electron chi connectivity index (χ3n) is 4.87. The largest absolute Gasteiger partial charge is 0.481 e. The highest BCUT2D eigenvalue weighted by molar-refractivity contribution is 6.74. The molecule has 0 aliphatic rings. The van der Waals surface area contributed by atoms with Gasteiger partial charge in [0.25, 0.3) is 0 Å². The second kappa shape index (κ2) is 8.35. The lowest BCUT2D eigenvalue weighted by Gasteiger charge is -2.41. The number of carboxylic acid groups (broad SMARTS) is 1. The predicted octanol–water partition coefficient (Wildman–Crippen LogP) is 5.22. The van der Waals surface area contributed by atoms with Gasteiger partial charge in [-0.15, -0.1) is 12.3 Å². The van der Waals surface area contributed by atoms with E-state index < -0.39 is 26.3 Å². The Morgan fingerprint density at radius 1 is 1.48 bits per heavy atom. The minimum Gasteiger partial charge on any atom is -0.481 e. The number of aromatic nitrogens is 1. The molecule has 138 valence electrons. The lowest BCUT2D eigenvalue weighted by Crippen LogP contribution is -2.44. The van der Waals surface area contributed by atoms with Crippen LogP contribution in [0.5, 0.6) is 0 Å². The molecular weight excluding hydrogens is 354 g/mol. The van der Waals surface area contributed by atoms with Crippen LogP contribution >= 0.6 is 11.6 Å². The van der Waals surface area contributed by atoms with E-state index in [2.05, 4.69) is 44.8 Å². The molecule has 0 aliphatic heterocycles. The molecule has 2 atom stereocenters. The van der Waals surface area contributed by atoms with Crippen molar-refractivity contribution in [1.29, 1.82) is 0 Å². The molecule has 0 aromatic carbocycles. The molecule has 0 amide bonds. The summed E-state index contributed by atoms with van der Waals surface area (Å²) >= 11 is 6.03. The molecule has 1 N–H and O–H groups in total. The van der Waals surface area contributed by atoms with Crippen LogP contribution in [-0.4, -0.2) is 24.4 Å². The van der Waals surface area contributed by atoms with Crippen molar-refractivity contribution in [2.45, 2.75) is 64.8 Å². The number of carboxylic acids is 1. The van der Waals surface area contributed by atoms with Crippen LogP contribution < -0.4 is 0 Å². The topological polar surface area (TPSA) is 59.4 Å². The van der Waals surface area contributed by atoms with Gasteiger partial charge < -0.3 is 9.53 Å². The number of terminal acetylenes is 1. The Balaban J connectivity index is 3.36. The summed E-state index contributed by atoms with van der Waals surface area (Å²) in [6.07, 6.45) is 7.10. The zero-order chi connectivity index (χ0) is 19.4. The van der Waals surface area contributed by atoms with Gasteiger partial charge in [-0.1, -0.05) is 32.4 Å². The Bertz CT molecular complexity index is 662. The lowest BCUT2D eigenvalue weighted by molar-refractivity contribution is -0.145. The first-order chi connectivity index (χ1) is 11.4. The van der Waals surface area contributed by atoms with Gasteiger partial charge in [-0.05, 0) is 48.7 Å². The minimum absolute atomic E-state index is 0.0463. The second-order valence-corrected chi connectivity index (χ2v) is 13.0. The van der Waals surface area contributed by atoms with E-state index in [9.17, 15) is 9.90 Å². The lowest BCUT2D eigenvalue weighted by atomic mass is 9.92. The Morgan fingerprint density at radius 2 is 2.08 bits per heavy atom. The van der Waals surface area contributed by atoms with Crippen LogP contribution in [0.25, 0.3) is 0 Å². The molecule has 1 aromatic rings. The Morgan fingerprint density at radius 3 is 2.52 bits per heavy atom. The van der Waals surface area contributed by atoms with Gasteiger partial charge in [-0.25, -0.2) is 4.98 Å². The first kappa shape index (κ1) is 21.7. The van der Waals surface area contributed by atoms with Crippen molar-refractivity contribution >= 4 is 25.9 Å². The van der Waals surface area contributed by atoms with Crippen LogP contribution in [0.4, 0.5) is 0 Å². The monoisotopic (exact) mass is 381 g/mol. The molecule has 0 radical (unpaired) electrons. The Hall–Kier alpha value is -1.35. The summed E-state index contributed by atoms with van der Waals surface area (Å²) in [5, 5.41) is 10.1. The van der Waals surface area contributed by atoms with Crippen LogP contribution in [0.15, 0.2) is 12.3 Å². The molecule has 6 heteroatoms. The fourth-order valence-corrected chi connectivity index (χ4v) is 3.65. The molecule has 1 heterocycles. The van der Waals surface area contributed by atoms with Crippen LogP contribution in [-0.2, 0) is 9.22 Å². The highest BCUT2D eigenvalue weighted by Gasteiger charge is 2.42. The molecule has 0 spiro atoms. The van der Waals surface area contributed by atoms with Crippen molar-refractivity contribution in [1.82, 2.24) is 4.98 Å². The highest BCUT2D eigenvalue weighted by atomic mass is 35.5. The Labute approximate surface area is 157 Å². The summed E-state index contributed by atoms with van der Waals surface area (Å²) in [6, 6.07) is 1.86. The second-order valence-electron chi connectivity index (χ2n) is 7.86. The number of carbonyl (C=O) groups is 1. The summed E-state index contributed by atoms with van der Waals surface area (Å²) < 4.78 is 6.51. The molecule has 0 fully saturated rings. The quantitative estimate of drug-likeness (QED) is 0.399. The molecule has 1 aromatic heterocycles. The molecule has 0 saturated heterocycles. The van der Waals surface area contributed by atoms with Gasteiger partial charge in [0.05, 0.1) is 12.0 Å². The molecular formula is C19H28ClNO3Si. The van der Waals surface area contributed by atoms with Crippen molar-refractivity contribution in [2.24, 2.45) is 5.92 Å². The molecule has 0 aliphatic carbocycles. The van der Waals surface area contributed by atoms with E-state index in [0.29, 0.717) is 18.0 Å². The molecule has 0 saturated carbocycles. The number of aryl methyl sites for hydroxylation is 1. The summed E-state index contributed by atoms with van der Waals surface area (Å²) in [5.41, 5.74) is 1.53. The van der Waals surface area contributed by atoms with Gasteiger partial charge in [0.15, 0.2) is 8.32 Å². The van der Waals surface area contributed by atoms with E-state index in [1.807, 2.05) is 13.0 Å². The average Bonchev–Trinajstić information content (AvgIpc) is 2.47. The van der Waals surface area contributed by atoms with Crippen molar-refractivity contribution in [3.63, 3.8) is 0 Å². The van der Waals surface area contributed by atoms with Gasteiger partial charge in [0.2, 0.25) is 0 Å². The smallest absolute Gasteiger partial charge is 0.309 e. The third kappa shape index (κ3) is 5.57. The number of hydrogen-bond donors (Lipinski definition) is 1. The Kier molecular flexibility index (Phi) is 7.25. The van der Waals surface area contributed by atoms with Crippen molar-refractivity contribution in [3.05, 3.63) is 28.5 Å². The number of rotatable bonds is 7. The fourth-order valence-electron chi connectivity index (χ4n) is 2.26. The zero-order valence-electron chi connectivity index (χ0n) is 15.9. The maximum Gasteiger partial charge on any atom is 0.309 e. The van der Waals surface area contributed by atoms with Crippen LogP contribution in [0, 0.1) is 25.2 Å². The molecule has 4 nitrogen and oxygen atoms in total. The zero-order valence-corrected chi connectivity index (χ0v) is 17.6. The molecule has 1 rings (SSSR count). The highest BCUT2D eigenvalue weighted by Crippen LogP contribution is 2.42. The number of pyridine rings is 1. The van der Waals surface area contributed by atoms with Crippen molar-refractivity contribution < 1.29 is 14.3 Å². The van der Waals surface area contributed by atoms with Gasteiger partial charge in [-0.2, -0.15) is 0 Å². The average molecular weight is 382 g/mol. The van der Waals surface area contributed by atoms with E-state index in [1.54, 1.807) is 6.20 Å². The van der Waals surface area contributed by atoms with Gasteiger partial charge in [0, 0.05) is 12.6 Å². The van der Waals surface area contributed by atoms with Crippen LogP contribution in [0.1, 0.15) is 50.8 Å². The first-order valence-corrected chi connectivity index (χ1v) is 11.7. The SMILES string of the molecule is C#CCC[C@@H](C(=O)O)C(O[Si](C)(C)C(C)(C)C)c1cnc(Cl)c(C)c1. The van der Waals surface area contributed by atoms with Gasteiger partial charge in [0.1, 0.15) is 5.15 Å². The third-order valence-corrected chi connectivity index (χ3v) is 9.73. The minimum atomic E-state index is -2.21. The van der Waals surface area contributed by atoms with E-state index in [1.165, 1.54) is 0 Å². The summed E-state index contributed by atoms with van der Waals surface area (Å²) in [6.45, 7) is 12.4. The van der Waals surface area contributed by atoms with Gasteiger partial charge >= 0.3 is 5.97 Å². The first-order valence-electron chi connectivity index (χ1n) is 8.37. The molecule has 25 heavy (non-hydrogen) atoms. The summed E-state index contributed by atoms with van der Waals surface area (Å²) in [5.74, 6) is 0.889. The van der Waals surface area contributed by atoms with Crippen LogP contribution in [0.3, 0.4) is 0 Å². The number of aliphatic carboxylic acids is 1. The van der Waals surface area contributed by atoms with Gasteiger partial charge in [-0.3, -0.25) is 4.79 Å². The number of nitrogens with zero attached hydrogens (tertiary/aromatic N) is 1. The molecule has 0 bridgehead atoms. The summed E-state index contributed by atoms with van der Waals surface area (Å²) in [4.78, 5) is 16.1. The maximum atomic E-state index is 11.9. The van der Waals surface area contributed by atoms with E-state index in [-0.39, 0.29) is 5.04 Å². The van der Waals surface area contributed by atoms with Crippen molar-refractivity contribution in [3.8, 4) is 12.3 Å². The maximum absolute atomic E-state index is 11.9. The van der Waals surface area contributed by atoms with Crippen molar-refractivity contribution in [2.75, 3.05) is 0 Å².